The van der Waals surface area contributed by atoms with Crippen LogP contribution in [0.15, 0.2) is 37.1 Å². The molecule has 0 aliphatic carbocycles. The van der Waals surface area contributed by atoms with E-state index in [0.29, 0.717) is 11.3 Å². The van der Waals surface area contributed by atoms with Gasteiger partial charge >= 0.3 is 0 Å². The summed E-state index contributed by atoms with van der Waals surface area (Å²) in [6, 6.07) is 3.52. The van der Waals surface area contributed by atoms with Crippen molar-refractivity contribution in [3.05, 3.63) is 48.3 Å². The van der Waals surface area contributed by atoms with Crippen LogP contribution >= 0.6 is 11.3 Å². The highest BCUT2D eigenvalue weighted by molar-refractivity contribution is 7.26. The zero-order valence-electron chi connectivity index (χ0n) is 9.83. The van der Waals surface area contributed by atoms with Crippen molar-refractivity contribution in [2.24, 2.45) is 0 Å². The molecular formula is C12H10BN3OS. The van der Waals surface area contributed by atoms with Crippen molar-refractivity contribution >= 4 is 34.0 Å². The summed E-state index contributed by atoms with van der Waals surface area (Å²) in [5.41, 5.74) is 1.08. The molecule has 4 nitrogen and oxygen atoms in total. The fourth-order valence-electron chi connectivity index (χ4n) is 1.80. The number of hydrogen-bond acceptors (Lipinski definition) is 4. The molecule has 0 spiro atoms. The minimum absolute atomic E-state index is 0.0740. The predicted octanol–water partition coefficient (Wildman–Crippen LogP) is 1.13. The molecule has 0 aromatic carbocycles. The van der Waals surface area contributed by atoms with Gasteiger partial charge in [0.2, 0.25) is 5.78 Å². The molecule has 3 rings (SSSR count). The minimum Gasteiger partial charge on any atom is -0.297 e. The Morgan fingerprint density at radius 2 is 2.39 bits per heavy atom. The maximum Gasteiger partial charge on any atom is 0.215 e. The van der Waals surface area contributed by atoms with Crippen LogP contribution in [0.25, 0.3) is 4.83 Å². The van der Waals surface area contributed by atoms with E-state index in [1.54, 1.807) is 42.2 Å². The maximum atomic E-state index is 12.3. The van der Waals surface area contributed by atoms with E-state index in [-0.39, 0.29) is 5.78 Å². The summed E-state index contributed by atoms with van der Waals surface area (Å²) in [6.45, 7) is 2.10. The Hall–Kier alpha value is -1.95. The lowest BCUT2D eigenvalue weighted by Gasteiger charge is -1.95. The fourth-order valence-corrected chi connectivity index (χ4v) is 2.81. The van der Waals surface area contributed by atoms with Crippen LogP contribution in [0.3, 0.4) is 0 Å². The molecule has 0 amide bonds. The summed E-state index contributed by atoms with van der Waals surface area (Å²) in [4.78, 5) is 21.4. The van der Waals surface area contributed by atoms with Gasteiger partial charge in [0.15, 0.2) is 7.28 Å². The zero-order valence-corrected chi connectivity index (χ0v) is 10.6. The largest absolute Gasteiger partial charge is 0.297 e. The van der Waals surface area contributed by atoms with Crippen LogP contribution in [0.5, 0.6) is 0 Å². The number of fused-ring (bicyclic) bond motifs is 1. The molecule has 6 heteroatoms. The summed E-state index contributed by atoms with van der Waals surface area (Å²) in [5.74, 6) is -0.0740. The Labute approximate surface area is 109 Å². The lowest BCUT2D eigenvalue weighted by atomic mass is 9.81. The molecule has 0 bridgehead atoms. The van der Waals surface area contributed by atoms with E-state index in [1.165, 1.54) is 4.78 Å². The van der Waals surface area contributed by atoms with Crippen LogP contribution in [0, 0.1) is 0 Å². The van der Waals surface area contributed by atoms with Gasteiger partial charge < -0.3 is 0 Å². The normalized spacial score (nSPS) is 10.7. The Morgan fingerprint density at radius 1 is 1.50 bits per heavy atom. The highest BCUT2D eigenvalue weighted by atomic mass is 32.1. The van der Waals surface area contributed by atoms with Crippen molar-refractivity contribution in [1.29, 1.82) is 0 Å². The first-order valence-electron chi connectivity index (χ1n) is 5.69. The minimum atomic E-state index is -0.0740. The molecule has 3 aromatic rings. The second-order valence-corrected chi connectivity index (χ2v) is 5.04. The van der Waals surface area contributed by atoms with E-state index in [0.717, 1.165) is 12.1 Å². The Morgan fingerprint density at radius 3 is 3.11 bits per heavy atom. The molecular weight excluding hydrogens is 245 g/mol. The van der Waals surface area contributed by atoms with E-state index in [2.05, 4.69) is 16.8 Å². The molecule has 0 N–H and O–H groups in total. The first-order chi connectivity index (χ1) is 8.79. The third kappa shape index (κ3) is 1.74. The third-order valence-electron chi connectivity index (χ3n) is 2.75. The molecule has 0 saturated carbocycles. The van der Waals surface area contributed by atoms with Crippen molar-refractivity contribution in [3.8, 4) is 0 Å². The molecule has 0 aliphatic rings. The van der Waals surface area contributed by atoms with Gasteiger partial charge in [-0.1, -0.05) is 6.82 Å². The highest BCUT2D eigenvalue weighted by Crippen LogP contribution is 2.17. The fraction of sp³-hybridized carbons (Fsp3) is 0.0833. The number of hydrogen-bond donors (Lipinski definition) is 0. The molecule has 3 aromatic heterocycles. The number of pyridine rings is 1. The monoisotopic (exact) mass is 255 g/mol. The summed E-state index contributed by atoms with van der Waals surface area (Å²) >= 11 is 1.61. The third-order valence-corrected chi connectivity index (χ3v) is 4.00. The number of ketones is 1. The molecule has 0 aliphatic heterocycles. The predicted molar refractivity (Wildman–Crippen MR) is 73.4 cm³/mol. The number of imidazole rings is 1. The van der Waals surface area contributed by atoms with Gasteiger partial charge in [0, 0.05) is 24.2 Å². The summed E-state index contributed by atoms with van der Waals surface area (Å²) in [5, 5.41) is 0. The lowest BCUT2D eigenvalue weighted by molar-refractivity contribution is 0.103. The standard InChI is InChI=1S/C12H10BN3OS/c1-13-9-6-16-7-15-10(12(16)18-9)11(17)8-3-2-4-14-5-8/h2-7,13H,1H3. The average molecular weight is 255 g/mol. The van der Waals surface area contributed by atoms with Gasteiger partial charge in [0.1, 0.15) is 16.9 Å². The smallest absolute Gasteiger partial charge is 0.215 e. The molecule has 0 unspecified atom stereocenters. The van der Waals surface area contributed by atoms with Gasteiger partial charge in [-0.15, -0.1) is 11.3 Å². The molecule has 88 valence electrons. The first-order valence-corrected chi connectivity index (χ1v) is 6.51. The second-order valence-electron chi connectivity index (χ2n) is 3.93. The molecule has 3 heterocycles. The number of nitrogens with zero attached hydrogens (tertiary/aromatic N) is 3. The van der Waals surface area contributed by atoms with Crippen LogP contribution in [0.1, 0.15) is 16.1 Å². The first kappa shape index (κ1) is 11.2. The van der Waals surface area contributed by atoms with E-state index in [4.69, 9.17) is 0 Å². The molecule has 0 atom stereocenters. The lowest BCUT2D eigenvalue weighted by Crippen LogP contribution is -2.04. The van der Waals surface area contributed by atoms with Gasteiger partial charge in [0.05, 0.1) is 0 Å². The van der Waals surface area contributed by atoms with E-state index >= 15 is 0 Å². The van der Waals surface area contributed by atoms with E-state index in [9.17, 15) is 4.79 Å². The van der Waals surface area contributed by atoms with Crippen molar-refractivity contribution in [1.82, 2.24) is 14.4 Å². The van der Waals surface area contributed by atoms with Crippen molar-refractivity contribution in [2.75, 3.05) is 0 Å². The molecule has 0 fully saturated rings. The molecule has 0 radical (unpaired) electrons. The summed E-state index contributed by atoms with van der Waals surface area (Å²) in [7, 11) is 0.965. The number of aromatic nitrogens is 3. The van der Waals surface area contributed by atoms with Crippen molar-refractivity contribution in [2.45, 2.75) is 6.82 Å². The van der Waals surface area contributed by atoms with Gasteiger partial charge in [-0.2, -0.15) is 0 Å². The number of thiazole rings is 1. The number of rotatable bonds is 3. The molecule has 18 heavy (non-hydrogen) atoms. The van der Waals surface area contributed by atoms with Gasteiger partial charge in [-0.3, -0.25) is 14.2 Å². The Bertz CT molecular complexity index is 705. The van der Waals surface area contributed by atoms with Crippen molar-refractivity contribution < 1.29 is 4.79 Å². The van der Waals surface area contributed by atoms with Crippen LogP contribution < -0.4 is 4.78 Å². The van der Waals surface area contributed by atoms with E-state index in [1.807, 2.05) is 10.6 Å². The van der Waals surface area contributed by atoms with E-state index < -0.39 is 0 Å². The Balaban J connectivity index is 2.09. The summed E-state index contributed by atoms with van der Waals surface area (Å²) in [6.07, 6.45) is 6.93. The van der Waals surface area contributed by atoms with Gasteiger partial charge in [-0.25, -0.2) is 4.98 Å². The van der Waals surface area contributed by atoms with Crippen LogP contribution in [-0.4, -0.2) is 27.4 Å². The van der Waals surface area contributed by atoms with Crippen LogP contribution in [0.2, 0.25) is 6.82 Å². The Kier molecular flexibility index (Phi) is 2.72. The SMILES string of the molecule is CBc1cn2cnc(C(=O)c3cccnc3)c2s1. The maximum absolute atomic E-state index is 12.3. The van der Waals surface area contributed by atoms with Crippen LogP contribution in [-0.2, 0) is 0 Å². The van der Waals surface area contributed by atoms with Crippen LogP contribution in [0.4, 0.5) is 0 Å². The second kappa shape index (κ2) is 4.38. The van der Waals surface area contributed by atoms with Gasteiger partial charge in [0.25, 0.3) is 0 Å². The average Bonchev–Trinajstić information content (AvgIpc) is 2.98. The molecule has 0 saturated heterocycles. The number of carbonyl (C=O) groups is 1. The zero-order chi connectivity index (χ0) is 12.5. The highest BCUT2D eigenvalue weighted by Gasteiger charge is 2.17. The number of carbonyl (C=O) groups excluding carboxylic acids is 1. The quantitative estimate of drug-likeness (QED) is 0.520. The van der Waals surface area contributed by atoms with Crippen molar-refractivity contribution in [3.63, 3.8) is 0 Å². The summed E-state index contributed by atoms with van der Waals surface area (Å²) < 4.78 is 3.15. The topological polar surface area (TPSA) is 47.3 Å². The van der Waals surface area contributed by atoms with Gasteiger partial charge in [-0.05, 0) is 16.9 Å².